The van der Waals surface area contributed by atoms with Gasteiger partial charge in [0.2, 0.25) is 0 Å². The van der Waals surface area contributed by atoms with Crippen molar-refractivity contribution in [3.8, 4) is 0 Å². The Hall–Kier alpha value is -0.593. The van der Waals surface area contributed by atoms with Gasteiger partial charge in [0.25, 0.3) is 0 Å². The fourth-order valence-corrected chi connectivity index (χ4v) is 2.85. The number of amides is 1. The topological polar surface area (TPSA) is 70.0 Å². The molecule has 106 valence electrons. The van der Waals surface area contributed by atoms with Gasteiger partial charge in [-0.15, -0.1) is 0 Å². The van der Waals surface area contributed by atoms with Gasteiger partial charge < -0.3 is 19.5 Å². The molecule has 0 spiro atoms. The second-order valence-corrected chi connectivity index (χ2v) is 11.4. The Labute approximate surface area is 110 Å². The van der Waals surface area contributed by atoms with Crippen molar-refractivity contribution in [2.75, 3.05) is 13.2 Å². The van der Waals surface area contributed by atoms with Crippen LogP contribution in [0.4, 0.5) is 4.79 Å². The highest BCUT2D eigenvalue weighted by Crippen LogP contribution is 2.37. The van der Waals surface area contributed by atoms with E-state index in [2.05, 4.69) is 33.9 Å². The number of hydrogen-bond acceptors (Lipinski definition) is 3. The third-order valence-electron chi connectivity index (χ3n) is 4.08. The summed E-state index contributed by atoms with van der Waals surface area (Å²) in [7, 11) is -1.86. The molecule has 0 radical (unpaired) electrons. The summed E-state index contributed by atoms with van der Waals surface area (Å²) in [5, 5.41) is 18.7. The second kappa shape index (κ2) is 5.18. The Morgan fingerprint density at radius 1 is 1.44 bits per heavy atom. The maximum absolute atomic E-state index is 11.0. The molecule has 1 heterocycles. The first-order chi connectivity index (χ1) is 8.04. The predicted octanol–water partition coefficient (Wildman–Crippen LogP) is 2.12. The van der Waals surface area contributed by atoms with Crippen LogP contribution in [0.3, 0.4) is 0 Å². The van der Waals surface area contributed by atoms with Crippen LogP contribution in [-0.4, -0.2) is 54.8 Å². The van der Waals surface area contributed by atoms with E-state index in [1.807, 2.05) is 0 Å². The number of nitrogens with zero attached hydrogens (tertiary/aromatic N) is 1. The van der Waals surface area contributed by atoms with Gasteiger partial charge in [0.05, 0.1) is 25.3 Å². The van der Waals surface area contributed by atoms with E-state index in [9.17, 15) is 9.90 Å². The molecule has 6 heteroatoms. The number of carboxylic acid groups (broad SMARTS) is 1. The highest BCUT2D eigenvalue weighted by molar-refractivity contribution is 6.74. The molecule has 1 saturated heterocycles. The minimum Gasteiger partial charge on any atom is -0.465 e. The van der Waals surface area contributed by atoms with E-state index in [0.717, 1.165) is 0 Å². The van der Waals surface area contributed by atoms with Crippen molar-refractivity contribution in [3.63, 3.8) is 0 Å². The van der Waals surface area contributed by atoms with Crippen LogP contribution in [0.2, 0.25) is 18.1 Å². The zero-order valence-corrected chi connectivity index (χ0v) is 12.9. The molecule has 0 bridgehead atoms. The molecule has 1 rings (SSSR count). The number of carbonyl (C=O) groups is 1. The number of aliphatic hydroxyl groups is 1. The van der Waals surface area contributed by atoms with Crippen molar-refractivity contribution in [1.82, 2.24) is 4.90 Å². The van der Waals surface area contributed by atoms with Gasteiger partial charge in [-0.05, 0) is 24.6 Å². The smallest absolute Gasteiger partial charge is 0.407 e. The minimum atomic E-state index is -1.86. The maximum Gasteiger partial charge on any atom is 0.407 e. The van der Waals surface area contributed by atoms with E-state index >= 15 is 0 Å². The van der Waals surface area contributed by atoms with Crippen molar-refractivity contribution in [2.24, 2.45) is 0 Å². The van der Waals surface area contributed by atoms with Gasteiger partial charge in [0.1, 0.15) is 0 Å². The number of rotatable bonds is 3. The third-order valence-corrected chi connectivity index (χ3v) is 8.58. The van der Waals surface area contributed by atoms with Gasteiger partial charge in [-0.2, -0.15) is 0 Å². The average molecular weight is 275 g/mol. The number of hydrogen-bond donors (Lipinski definition) is 2. The monoisotopic (exact) mass is 275 g/mol. The lowest BCUT2D eigenvalue weighted by Crippen LogP contribution is -2.45. The molecule has 1 aliphatic heterocycles. The molecule has 0 aliphatic carbocycles. The van der Waals surface area contributed by atoms with Crippen LogP contribution in [-0.2, 0) is 4.43 Å². The number of β-amino-alcohol motifs (C(OH)–C–C–N with tert-alkyl or cyclic N) is 1. The molecule has 0 aromatic heterocycles. The molecule has 5 nitrogen and oxygen atoms in total. The summed E-state index contributed by atoms with van der Waals surface area (Å²) in [6.45, 7) is 11.3. The first kappa shape index (κ1) is 15.5. The van der Waals surface area contributed by atoms with Crippen LogP contribution < -0.4 is 0 Å². The van der Waals surface area contributed by atoms with E-state index in [4.69, 9.17) is 9.53 Å². The fourth-order valence-electron chi connectivity index (χ4n) is 1.81. The van der Waals surface area contributed by atoms with Gasteiger partial charge in [-0.3, -0.25) is 0 Å². The predicted molar refractivity (Wildman–Crippen MR) is 72.3 cm³/mol. The highest BCUT2D eigenvalue weighted by atomic mass is 28.4. The lowest BCUT2D eigenvalue weighted by atomic mass is 10.2. The minimum absolute atomic E-state index is 0.109. The molecule has 1 fully saturated rings. The van der Waals surface area contributed by atoms with Gasteiger partial charge in [-0.1, -0.05) is 20.8 Å². The van der Waals surface area contributed by atoms with Crippen molar-refractivity contribution in [2.45, 2.75) is 57.5 Å². The molecule has 1 aliphatic rings. The summed E-state index contributed by atoms with van der Waals surface area (Å²) < 4.78 is 6.03. The van der Waals surface area contributed by atoms with Crippen LogP contribution in [0, 0.1) is 0 Å². The Morgan fingerprint density at radius 3 is 2.44 bits per heavy atom. The Kier molecular flexibility index (Phi) is 4.45. The van der Waals surface area contributed by atoms with E-state index in [1.165, 1.54) is 4.90 Å². The molecule has 2 unspecified atom stereocenters. The van der Waals surface area contributed by atoms with Crippen molar-refractivity contribution in [3.05, 3.63) is 0 Å². The summed E-state index contributed by atoms with van der Waals surface area (Å²) in [4.78, 5) is 12.3. The van der Waals surface area contributed by atoms with Gasteiger partial charge in [-0.25, -0.2) is 4.79 Å². The molecule has 0 aromatic carbocycles. The summed E-state index contributed by atoms with van der Waals surface area (Å²) in [6.07, 6.45) is -1.06. The first-order valence-electron chi connectivity index (χ1n) is 6.36. The number of aliphatic hydroxyl groups excluding tert-OH is 1. The molecule has 0 aromatic rings. The molecule has 1 amide bonds. The van der Waals surface area contributed by atoms with E-state index < -0.39 is 20.5 Å². The third kappa shape index (κ3) is 3.46. The lowest BCUT2D eigenvalue weighted by molar-refractivity contribution is 0.117. The zero-order chi connectivity index (χ0) is 14.1. The van der Waals surface area contributed by atoms with Gasteiger partial charge in [0.15, 0.2) is 8.32 Å². The number of likely N-dealkylation sites (tertiary alicyclic amines) is 1. The molecule has 2 N–H and O–H groups in total. The Morgan fingerprint density at radius 2 is 2.00 bits per heavy atom. The second-order valence-electron chi connectivity index (χ2n) is 6.55. The van der Waals surface area contributed by atoms with Gasteiger partial charge in [0, 0.05) is 0 Å². The highest BCUT2D eigenvalue weighted by Gasteiger charge is 2.40. The average Bonchev–Trinajstić information content (AvgIpc) is 2.55. The molecule has 0 saturated carbocycles. The summed E-state index contributed by atoms with van der Waals surface area (Å²) >= 11 is 0. The molecule has 18 heavy (non-hydrogen) atoms. The molecular weight excluding hydrogens is 250 g/mol. The summed E-state index contributed by atoms with van der Waals surface area (Å²) in [5.74, 6) is 0. The maximum atomic E-state index is 11.0. The van der Waals surface area contributed by atoms with Crippen LogP contribution in [0.5, 0.6) is 0 Å². The van der Waals surface area contributed by atoms with Crippen LogP contribution in [0.25, 0.3) is 0 Å². The van der Waals surface area contributed by atoms with Crippen LogP contribution >= 0.6 is 0 Å². The van der Waals surface area contributed by atoms with Crippen molar-refractivity contribution < 1.29 is 19.4 Å². The molecular formula is C12H25NO4Si. The summed E-state index contributed by atoms with van der Waals surface area (Å²) in [5.41, 5.74) is 0. The van der Waals surface area contributed by atoms with Crippen molar-refractivity contribution >= 4 is 14.4 Å². The SMILES string of the molecule is CC(C)(C)[Si](C)(C)OCC1CC(O)CN1C(=O)O. The quantitative estimate of drug-likeness (QED) is 0.774. The lowest BCUT2D eigenvalue weighted by Gasteiger charge is -2.37. The zero-order valence-electron chi connectivity index (χ0n) is 11.9. The van der Waals surface area contributed by atoms with E-state index in [-0.39, 0.29) is 17.6 Å². The first-order valence-corrected chi connectivity index (χ1v) is 9.27. The van der Waals surface area contributed by atoms with Crippen LogP contribution in [0.1, 0.15) is 27.2 Å². The molecule has 2 atom stereocenters. The van der Waals surface area contributed by atoms with Crippen LogP contribution in [0.15, 0.2) is 0 Å². The van der Waals surface area contributed by atoms with E-state index in [0.29, 0.717) is 13.0 Å². The summed E-state index contributed by atoms with van der Waals surface area (Å²) in [6, 6.07) is -0.216. The standard InChI is InChI=1S/C12H25NO4Si/c1-12(2,3)18(4,5)17-8-9-6-10(14)7-13(9)11(15)16/h9-10,14H,6-8H2,1-5H3,(H,15,16). The van der Waals surface area contributed by atoms with E-state index in [1.54, 1.807) is 0 Å². The fraction of sp³-hybridized carbons (Fsp3) is 0.917. The Balaban J connectivity index is 2.60. The normalized spacial score (nSPS) is 25.6. The van der Waals surface area contributed by atoms with Crippen molar-refractivity contribution in [1.29, 1.82) is 0 Å². The van der Waals surface area contributed by atoms with Gasteiger partial charge >= 0.3 is 6.09 Å². The largest absolute Gasteiger partial charge is 0.465 e. The Bertz CT molecular complexity index is 314.